The van der Waals surface area contributed by atoms with Crippen LogP contribution in [0, 0.1) is 6.92 Å². The fourth-order valence-electron chi connectivity index (χ4n) is 4.23. The van der Waals surface area contributed by atoms with Crippen LogP contribution in [0.5, 0.6) is 5.75 Å². The van der Waals surface area contributed by atoms with Crippen molar-refractivity contribution in [2.75, 3.05) is 13.2 Å². The molecule has 0 atom stereocenters. The Morgan fingerprint density at radius 1 is 0.919 bits per heavy atom. The molecule has 3 aromatic rings. The lowest BCUT2D eigenvalue weighted by atomic mass is 10.0. The largest absolute Gasteiger partial charge is 0.493 e. The normalized spacial score (nSPS) is 11.0. The third kappa shape index (κ3) is 9.19. The summed E-state index contributed by atoms with van der Waals surface area (Å²) in [6, 6.07) is 9.51. The number of aryl methyl sites for hydroxylation is 1. The summed E-state index contributed by atoms with van der Waals surface area (Å²) in [4.78, 5) is 27.7. The highest BCUT2D eigenvalue weighted by Crippen LogP contribution is 2.26. The van der Waals surface area contributed by atoms with E-state index in [1.807, 2.05) is 37.3 Å². The SMILES string of the molecule is C=C(C)C(=O)OCCCCCCCCCCCCOc1ccc(-c2cc3ccncc3oc2=O)cc1C. The minimum atomic E-state index is -0.366. The molecule has 2 heterocycles. The quantitative estimate of drug-likeness (QED) is 0.114. The molecule has 6 heteroatoms. The van der Waals surface area contributed by atoms with Gasteiger partial charge in [-0.2, -0.15) is 0 Å². The predicted molar refractivity (Wildman–Crippen MR) is 148 cm³/mol. The third-order valence-corrected chi connectivity index (χ3v) is 6.40. The molecule has 2 aromatic heterocycles. The van der Waals surface area contributed by atoms with E-state index in [4.69, 9.17) is 13.9 Å². The van der Waals surface area contributed by atoms with E-state index in [2.05, 4.69) is 11.6 Å². The van der Waals surface area contributed by atoms with Gasteiger partial charge in [-0.1, -0.05) is 64.0 Å². The second kappa shape index (κ2) is 15.0. The highest BCUT2D eigenvalue weighted by Gasteiger charge is 2.10. The molecule has 0 spiro atoms. The molecule has 0 aliphatic rings. The van der Waals surface area contributed by atoms with Gasteiger partial charge in [0.2, 0.25) is 0 Å². The fraction of sp³-hybridized carbons (Fsp3) is 0.452. The summed E-state index contributed by atoms with van der Waals surface area (Å²) in [6.07, 6.45) is 14.9. The van der Waals surface area contributed by atoms with Gasteiger partial charge >= 0.3 is 11.6 Å². The number of carbonyl (C=O) groups excluding carboxylic acids is 1. The summed E-state index contributed by atoms with van der Waals surface area (Å²) >= 11 is 0. The van der Waals surface area contributed by atoms with E-state index in [0.717, 1.165) is 47.9 Å². The van der Waals surface area contributed by atoms with Gasteiger partial charge in [-0.3, -0.25) is 4.98 Å². The molecule has 0 aliphatic heterocycles. The molecular weight excluding hydrogens is 466 g/mol. The number of aromatic nitrogens is 1. The summed E-state index contributed by atoms with van der Waals surface area (Å²) < 4.78 is 16.5. The molecule has 198 valence electrons. The predicted octanol–water partition coefficient (Wildman–Crippen LogP) is 7.56. The minimum absolute atomic E-state index is 0.288. The minimum Gasteiger partial charge on any atom is -0.493 e. The first-order valence-corrected chi connectivity index (χ1v) is 13.4. The summed E-state index contributed by atoms with van der Waals surface area (Å²) in [5.41, 5.74) is 2.95. The van der Waals surface area contributed by atoms with E-state index in [1.54, 1.807) is 19.3 Å². The van der Waals surface area contributed by atoms with Gasteiger partial charge in [0.25, 0.3) is 0 Å². The molecule has 6 nitrogen and oxygen atoms in total. The van der Waals surface area contributed by atoms with Crippen molar-refractivity contribution in [2.24, 2.45) is 0 Å². The summed E-state index contributed by atoms with van der Waals surface area (Å²) in [5, 5.41) is 0.849. The van der Waals surface area contributed by atoms with Crippen molar-refractivity contribution < 1.29 is 18.7 Å². The Balaban J connectivity index is 1.26. The number of fused-ring (bicyclic) bond motifs is 1. The van der Waals surface area contributed by atoms with Crippen molar-refractivity contribution in [3.63, 3.8) is 0 Å². The van der Waals surface area contributed by atoms with Crippen LogP contribution in [0.4, 0.5) is 0 Å². The molecule has 0 saturated carbocycles. The molecule has 37 heavy (non-hydrogen) atoms. The fourth-order valence-corrected chi connectivity index (χ4v) is 4.23. The van der Waals surface area contributed by atoms with Crippen molar-refractivity contribution in [1.29, 1.82) is 0 Å². The molecule has 0 saturated heterocycles. The Bertz CT molecular complexity index is 1230. The number of ether oxygens (including phenoxy) is 2. The van der Waals surface area contributed by atoms with E-state index >= 15 is 0 Å². The van der Waals surface area contributed by atoms with E-state index in [1.165, 1.54) is 38.5 Å². The van der Waals surface area contributed by atoms with Crippen molar-refractivity contribution >= 4 is 16.9 Å². The number of nitrogens with zero attached hydrogens (tertiary/aromatic N) is 1. The monoisotopic (exact) mass is 505 g/mol. The maximum atomic E-state index is 12.4. The van der Waals surface area contributed by atoms with Gasteiger partial charge < -0.3 is 13.9 Å². The Labute approximate surface area is 219 Å². The smallest absolute Gasteiger partial charge is 0.344 e. The Morgan fingerprint density at radius 3 is 2.22 bits per heavy atom. The highest BCUT2D eigenvalue weighted by molar-refractivity contribution is 5.86. The first-order chi connectivity index (χ1) is 18.0. The molecular formula is C31H39NO5. The van der Waals surface area contributed by atoms with E-state index in [0.29, 0.717) is 29.9 Å². The van der Waals surface area contributed by atoms with Crippen molar-refractivity contribution in [2.45, 2.75) is 78.1 Å². The third-order valence-electron chi connectivity index (χ3n) is 6.40. The maximum absolute atomic E-state index is 12.4. The maximum Gasteiger partial charge on any atom is 0.344 e. The first-order valence-electron chi connectivity index (χ1n) is 13.4. The van der Waals surface area contributed by atoms with Crippen LogP contribution in [0.25, 0.3) is 22.1 Å². The number of pyridine rings is 1. The van der Waals surface area contributed by atoms with Crippen LogP contribution in [-0.2, 0) is 9.53 Å². The second-order valence-electron chi connectivity index (χ2n) is 9.64. The zero-order valence-corrected chi connectivity index (χ0v) is 22.2. The molecule has 0 bridgehead atoms. The number of rotatable bonds is 16. The average Bonchev–Trinajstić information content (AvgIpc) is 2.89. The summed E-state index contributed by atoms with van der Waals surface area (Å²) in [7, 11) is 0. The lowest BCUT2D eigenvalue weighted by molar-refractivity contribution is -0.139. The van der Waals surface area contributed by atoms with Crippen molar-refractivity contribution in [3.05, 3.63) is 70.9 Å². The number of esters is 1. The molecule has 0 unspecified atom stereocenters. The molecule has 0 radical (unpaired) electrons. The summed E-state index contributed by atoms with van der Waals surface area (Å²) in [6.45, 7) is 8.44. The van der Waals surface area contributed by atoms with Gasteiger partial charge in [-0.05, 0) is 62.1 Å². The van der Waals surface area contributed by atoms with E-state index in [-0.39, 0.29) is 11.6 Å². The molecule has 0 fully saturated rings. The summed E-state index contributed by atoms with van der Waals surface area (Å²) in [5.74, 6) is 0.566. The molecule has 0 aliphatic carbocycles. The molecule has 0 amide bonds. The number of unbranched alkanes of at least 4 members (excludes halogenated alkanes) is 9. The molecule has 3 rings (SSSR count). The van der Waals surface area contributed by atoms with Crippen LogP contribution in [-0.4, -0.2) is 24.2 Å². The molecule has 1 aromatic carbocycles. The Hall–Kier alpha value is -3.41. The van der Waals surface area contributed by atoms with Crippen LogP contribution >= 0.6 is 0 Å². The average molecular weight is 506 g/mol. The van der Waals surface area contributed by atoms with Crippen molar-refractivity contribution in [3.8, 4) is 16.9 Å². The zero-order chi connectivity index (χ0) is 26.5. The number of hydrogen-bond acceptors (Lipinski definition) is 6. The highest BCUT2D eigenvalue weighted by atomic mass is 16.5. The number of benzene rings is 1. The first kappa shape index (κ1) is 28.2. The van der Waals surface area contributed by atoms with Gasteiger partial charge in [0.15, 0.2) is 5.58 Å². The van der Waals surface area contributed by atoms with Crippen LogP contribution in [0.1, 0.15) is 76.7 Å². The van der Waals surface area contributed by atoms with Gasteiger partial charge in [0.05, 0.1) is 25.0 Å². The van der Waals surface area contributed by atoms with Gasteiger partial charge in [-0.15, -0.1) is 0 Å². The Morgan fingerprint density at radius 2 is 1.57 bits per heavy atom. The van der Waals surface area contributed by atoms with E-state index < -0.39 is 0 Å². The number of hydrogen-bond donors (Lipinski definition) is 0. The van der Waals surface area contributed by atoms with Crippen molar-refractivity contribution in [1.82, 2.24) is 4.98 Å². The van der Waals surface area contributed by atoms with Gasteiger partial charge in [-0.25, -0.2) is 9.59 Å². The number of carbonyl (C=O) groups is 1. The van der Waals surface area contributed by atoms with Crippen LogP contribution in [0.2, 0.25) is 0 Å². The standard InChI is InChI=1S/C31H39NO5/c1-23(2)30(33)36-19-13-11-9-7-5-4-6-8-10-12-18-35-28-15-14-25(20-24(28)3)27-21-26-16-17-32-22-29(26)37-31(27)34/h14-17,20-22H,1,4-13,18-19H2,2-3H3. The lowest BCUT2D eigenvalue weighted by Crippen LogP contribution is -2.05. The van der Waals surface area contributed by atoms with E-state index in [9.17, 15) is 9.59 Å². The van der Waals surface area contributed by atoms with Crippen LogP contribution in [0.3, 0.4) is 0 Å². The van der Waals surface area contributed by atoms with Gasteiger partial charge in [0.1, 0.15) is 5.75 Å². The molecule has 0 N–H and O–H groups in total. The van der Waals surface area contributed by atoms with Gasteiger partial charge in [0, 0.05) is 17.2 Å². The van der Waals surface area contributed by atoms with Crippen LogP contribution < -0.4 is 10.4 Å². The topological polar surface area (TPSA) is 78.6 Å². The Kier molecular flexibility index (Phi) is 11.4. The lowest BCUT2D eigenvalue weighted by Gasteiger charge is -2.11. The second-order valence-corrected chi connectivity index (χ2v) is 9.64. The zero-order valence-electron chi connectivity index (χ0n) is 22.2. The van der Waals surface area contributed by atoms with Crippen LogP contribution in [0.15, 0.2) is 64.1 Å².